The summed E-state index contributed by atoms with van der Waals surface area (Å²) in [4.78, 5) is 11.8. The average Bonchev–Trinajstić information content (AvgIpc) is 2.78. The van der Waals surface area contributed by atoms with E-state index >= 15 is 0 Å². The molecule has 0 aliphatic rings. The van der Waals surface area contributed by atoms with E-state index in [1.54, 1.807) is 12.4 Å². The van der Waals surface area contributed by atoms with Crippen LogP contribution in [0.2, 0.25) is 0 Å². The zero-order valence-electron chi connectivity index (χ0n) is 10.1. The quantitative estimate of drug-likeness (QED) is 0.713. The first-order chi connectivity index (χ1) is 9.69. The zero-order chi connectivity index (χ0) is 14.1. The molecule has 0 aromatic carbocycles. The van der Waals surface area contributed by atoms with Crippen molar-refractivity contribution in [2.45, 2.75) is 6.42 Å². The third kappa shape index (κ3) is 1.97. The summed E-state index contributed by atoms with van der Waals surface area (Å²) in [6, 6.07) is 2.58. The van der Waals surface area contributed by atoms with Gasteiger partial charge < -0.3 is 0 Å². The van der Waals surface area contributed by atoms with E-state index < -0.39 is 11.6 Å². The molecule has 0 aliphatic carbocycles. The van der Waals surface area contributed by atoms with E-state index in [1.807, 2.05) is 6.07 Å². The summed E-state index contributed by atoms with van der Waals surface area (Å²) >= 11 is 0. The lowest BCUT2D eigenvalue weighted by atomic mass is 10.1. The lowest BCUT2D eigenvalue weighted by Crippen LogP contribution is -1.96. The second-order valence-electron chi connectivity index (χ2n) is 4.14. The highest BCUT2D eigenvalue weighted by Gasteiger charge is 2.16. The van der Waals surface area contributed by atoms with Gasteiger partial charge in [-0.2, -0.15) is 5.26 Å². The molecule has 20 heavy (non-hydrogen) atoms. The van der Waals surface area contributed by atoms with Crippen LogP contribution in [-0.2, 0) is 6.42 Å². The molecule has 0 saturated heterocycles. The van der Waals surface area contributed by atoms with Crippen molar-refractivity contribution >= 4 is 5.52 Å². The predicted molar refractivity (Wildman–Crippen MR) is 64.7 cm³/mol. The van der Waals surface area contributed by atoms with E-state index in [2.05, 4.69) is 15.0 Å². The zero-order valence-corrected chi connectivity index (χ0v) is 10.1. The molecule has 0 bridgehead atoms. The fraction of sp³-hybridized carbons (Fsp3) is 0.0769. The fourth-order valence-electron chi connectivity index (χ4n) is 2.02. The number of fused-ring (bicyclic) bond motifs is 1. The van der Waals surface area contributed by atoms with Crippen molar-refractivity contribution in [3.8, 4) is 6.07 Å². The van der Waals surface area contributed by atoms with Crippen molar-refractivity contribution < 1.29 is 8.78 Å². The van der Waals surface area contributed by atoms with Crippen LogP contribution in [0, 0.1) is 23.0 Å². The number of nitrogens with zero attached hydrogens (tertiary/aromatic N) is 5. The van der Waals surface area contributed by atoms with Gasteiger partial charge in [-0.05, 0) is 5.56 Å². The molecule has 0 unspecified atom stereocenters. The number of halogens is 2. The summed E-state index contributed by atoms with van der Waals surface area (Å²) in [5.74, 6) is -1.59. The molecule has 3 aromatic heterocycles. The predicted octanol–water partition coefficient (Wildman–Crippen LogP) is 1.86. The number of hydrogen-bond donors (Lipinski definition) is 0. The minimum Gasteiger partial charge on any atom is -0.285 e. The van der Waals surface area contributed by atoms with E-state index in [0.29, 0.717) is 5.69 Å². The lowest BCUT2D eigenvalue weighted by molar-refractivity contribution is 0.577. The summed E-state index contributed by atoms with van der Waals surface area (Å²) in [5, 5.41) is 8.99. The van der Waals surface area contributed by atoms with Gasteiger partial charge in [0.05, 0.1) is 5.69 Å². The van der Waals surface area contributed by atoms with Crippen LogP contribution in [-0.4, -0.2) is 19.4 Å². The molecule has 0 spiro atoms. The first-order valence-corrected chi connectivity index (χ1v) is 5.69. The van der Waals surface area contributed by atoms with Crippen molar-refractivity contribution in [2.75, 3.05) is 0 Å². The Kier molecular flexibility index (Phi) is 2.84. The summed E-state index contributed by atoms with van der Waals surface area (Å²) in [5.41, 5.74) is 1.15. The van der Waals surface area contributed by atoms with Crippen molar-refractivity contribution in [1.82, 2.24) is 19.4 Å². The molecule has 0 aliphatic heterocycles. The Balaban J connectivity index is 2.19. The van der Waals surface area contributed by atoms with E-state index in [1.165, 1.54) is 6.33 Å². The van der Waals surface area contributed by atoms with Gasteiger partial charge in [-0.25, -0.2) is 23.7 Å². The molecule has 98 valence electrons. The van der Waals surface area contributed by atoms with E-state index in [-0.39, 0.29) is 17.8 Å². The standard InChI is InChI=1S/C13H7F2N5/c14-9-2-10(15)13-11(1-8-4-17-7-18-5-8)19-12(3-16)20(13)6-9/h2,4-7H,1H2. The normalized spacial score (nSPS) is 10.7. The highest BCUT2D eigenvalue weighted by Crippen LogP contribution is 2.20. The van der Waals surface area contributed by atoms with Crippen LogP contribution >= 0.6 is 0 Å². The number of aromatic nitrogens is 4. The topological polar surface area (TPSA) is 66.9 Å². The monoisotopic (exact) mass is 271 g/mol. The number of rotatable bonds is 2. The summed E-state index contributed by atoms with van der Waals surface area (Å²) < 4.78 is 28.3. The number of hydrogen-bond acceptors (Lipinski definition) is 4. The first kappa shape index (κ1) is 12.2. The third-order valence-corrected chi connectivity index (χ3v) is 2.81. The average molecular weight is 271 g/mol. The Hall–Kier alpha value is -2.88. The highest BCUT2D eigenvalue weighted by atomic mass is 19.1. The van der Waals surface area contributed by atoms with Crippen LogP contribution in [0.3, 0.4) is 0 Å². The first-order valence-electron chi connectivity index (χ1n) is 5.69. The number of nitriles is 1. The highest BCUT2D eigenvalue weighted by molar-refractivity contribution is 5.57. The largest absolute Gasteiger partial charge is 0.285 e. The van der Waals surface area contributed by atoms with Gasteiger partial charge in [0.25, 0.3) is 0 Å². The molecule has 3 rings (SSSR count). The summed E-state index contributed by atoms with van der Waals surface area (Å²) in [6.07, 6.45) is 5.83. The molecule has 7 heteroatoms. The molecule has 0 N–H and O–H groups in total. The molecule has 0 radical (unpaired) electrons. The van der Waals surface area contributed by atoms with Crippen LogP contribution in [0.1, 0.15) is 17.1 Å². The van der Waals surface area contributed by atoms with Crippen LogP contribution in [0.5, 0.6) is 0 Å². The van der Waals surface area contributed by atoms with Crippen LogP contribution < -0.4 is 0 Å². The second kappa shape index (κ2) is 4.66. The second-order valence-corrected chi connectivity index (χ2v) is 4.14. The van der Waals surface area contributed by atoms with Crippen molar-refractivity contribution in [1.29, 1.82) is 5.26 Å². The van der Waals surface area contributed by atoms with Crippen LogP contribution in [0.4, 0.5) is 8.78 Å². The molecule has 0 atom stereocenters. The van der Waals surface area contributed by atoms with Crippen molar-refractivity contribution in [3.63, 3.8) is 0 Å². The van der Waals surface area contributed by atoms with Crippen molar-refractivity contribution in [2.24, 2.45) is 0 Å². The Morgan fingerprint density at radius 2 is 2.00 bits per heavy atom. The molecular weight excluding hydrogens is 264 g/mol. The Morgan fingerprint density at radius 3 is 2.70 bits per heavy atom. The Morgan fingerprint density at radius 1 is 1.25 bits per heavy atom. The van der Waals surface area contributed by atoms with Crippen molar-refractivity contribution in [3.05, 3.63) is 59.7 Å². The van der Waals surface area contributed by atoms with Gasteiger partial charge in [-0.1, -0.05) is 0 Å². The Labute approximate surface area is 112 Å². The van der Waals surface area contributed by atoms with Gasteiger partial charge in [0.1, 0.15) is 23.7 Å². The minimum atomic E-state index is -0.765. The van der Waals surface area contributed by atoms with Gasteiger partial charge in [0.15, 0.2) is 5.82 Å². The molecule has 0 amide bonds. The molecule has 3 heterocycles. The minimum absolute atomic E-state index is 0.0646. The summed E-state index contributed by atoms with van der Waals surface area (Å²) in [7, 11) is 0. The number of imidazole rings is 1. The van der Waals surface area contributed by atoms with Gasteiger partial charge >= 0.3 is 0 Å². The lowest BCUT2D eigenvalue weighted by Gasteiger charge is -2.00. The summed E-state index contributed by atoms with van der Waals surface area (Å²) in [6.45, 7) is 0. The molecule has 3 aromatic rings. The van der Waals surface area contributed by atoms with Gasteiger partial charge in [-0.15, -0.1) is 0 Å². The molecule has 0 fully saturated rings. The van der Waals surface area contributed by atoms with Gasteiger partial charge in [0, 0.05) is 31.1 Å². The van der Waals surface area contributed by atoms with E-state index in [0.717, 1.165) is 22.2 Å². The fourth-order valence-corrected chi connectivity index (χ4v) is 2.02. The third-order valence-electron chi connectivity index (χ3n) is 2.81. The SMILES string of the molecule is N#Cc1nc(Cc2cncnc2)c2c(F)cc(F)cn12. The maximum Gasteiger partial charge on any atom is 0.217 e. The smallest absolute Gasteiger partial charge is 0.217 e. The van der Waals surface area contributed by atoms with Gasteiger partial charge in [-0.3, -0.25) is 4.40 Å². The molecule has 0 saturated carbocycles. The molecular formula is C13H7F2N5. The maximum absolute atomic E-state index is 13.9. The van der Waals surface area contributed by atoms with E-state index in [9.17, 15) is 8.78 Å². The molecule has 5 nitrogen and oxygen atoms in total. The number of pyridine rings is 1. The van der Waals surface area contributed by atoms with E-state index in [4.69, 9.17) is 5.26 Å². The van der Waals surface area contributed by atoms with Crippen LogP contribution in [0.15, 0.2) is 31.0 Å². The maximum atomic E-state index is 13.9. The Bertz CT molecular complexity index is 820. The van der Waals surface area contributed by atoms with Crippen LogP contribution in [0.25, 0.3) is 5.52 Å². The van der Waals surface area contributed by atoms with Gasteiger partial charge in [0.2, 0.25) is 5.82 Å².